The first-order valence-electron chi connectivity index (χ1n) is 11.8. The number of rotatable bonds is 6. The minimum atomic E-state index is -0.558. The maximum absolute atomic E-state index is 13.2. The normalized spacial score (nSPS) is 18.4. The van der Waals surface area contributed by atoms with Crippen LogP contribution < -0.4 is 10.1 Å². The average molecular weight is 472 g/mol. The molecule has 1 fully saturated rings. The second-order valence-electron chi connectivity index (χ2n) is 9.73. The van der Waals surface area contributed by atoms with Gasteiger partial charge in [-0.2, -0.15) is 0 Å². The Kier molecular flexibility index (Phi) is 8.12. The highest BCUT2D eigenvalue weighted by Crippen LogP contribution is 2.27. The minimum absolute atomic E-state index is 0.00975. The Morgan fingerprint density at radius 1 is 1.24 bits per heavy atom. The largest absolute Gasteiger partial charge is 0.444 e. The molecule has 1 aliphatic rings. The number of nitrogens with one attached hydrogen (secondary N) is 1. The molecule has 0 saturated carbocycles. The summed E-state index contributed by atoms with van der Waals surface area (Å²) in [4.78, 5) is 32.0. The molecule has 3 rings (SSSR count). The van der Waals surface area contributed by atoms with Crippen LogP contribution in [0.25, 0.3) is 0 Å². The quantitative estimate of drug-likeness (QED) is 0.591. The summed E-state index contributed by atoms with van der Waals surface area (Å²) in [6, 6.07) is 7.16. The van der Waals surface area contributed by atoms with Gasteiger partial charge < -0.3 is 19.7 Å². The van der Waals surface area contributed by atoms with Crippen molar-refractivity contribution >= 4 is 12.0 Å². The molecule has 34 heavy (non-hydrogen) atoms. The van der Waals surface area contributed by atoms with Gasteiger partial charge in [0.25, 0.3) is 5.91 Å². The molecule has 1 N–H and O–H groups in total. The van der Waals surface area contributed by atoms with Crippen molar-refractivity contribution in [2.75, 3.05) is 6.54 Å². The molecule has 0 aliphatic carbocycles. The first-order chi connectivity index (χ1) is 16.1. The lowest BCUT2D eigenvalue weighted by atomic mass is 9.94. The zero-order valence-corrected chi connectivity index (χ0v) is 20.6. The SMILES string of the molecule is CCCC1C[C@@H](NC(=O)c2cc(C)cnc2Oc2ccc(F)cc2)CCN1C(=O)OC(C)(C)C. The standard InChI is InChI=1S/C26H34FN3O4/c1-6-7-20-15-19(12-13-30(20)25(32)34-26(3,4)5)29-23(31)22-14-17(2)16-28-24(22)33-21-10-8-18(27)9-11-21/h8-11,14,16,19-20H,6-7,12-13,15H2,1-5H3,(H,29,31)/t19-,20?/m0/s1. The number of aryl methyl sites for hydroxylation is 1. The molecule has 0 spiro atoms. The molecule has 2 atom stereocenters. The third-order valence-electron chi connectivity index (χ3n) is 5.56. The number of hydrogen-bond donors (Lipinski definition) is 1. The van der Waals surface area contributed by atoms with E-state index < -0.39 is 5.60 Å². The fourth-order valence-corrected chi connectivity index (χ4v) is 4.03. The molecular weight excluding hydrogens is 437 g/mol. The van der Waals surface area contributed by atoms with E-state index in [1.54, 1.807) is 17.2 Å². The van der Waals surface area contributed by atoms with Gasteiger partial charge >= 0.3 is 6.09 Å². The molecule has 2 heterocycles. The molecule has 7 nitrogen and oxygen atoms in total. The Bertz CT molecular complexity index is 1000. The van der Waals surface area contributed by atoms with Crippen LogP contribution in [-0.4, -0.2) is 46.1 Å². The molecule has 1 unspecified atom stereocenters. The molecule has 1 aliphatic heterocycles. The van der Waals surface area contributed by atoms with Gasteiger partial charge in [-0.3, -0.25) is 4.79 Å². The Labute approximate surface area is 200 Å². The van der Waals surface area contributed by atoms with Crippen LogP contribution in [0.1, 0.15) is 69.3 Å². The third-order valence-corrected chi connectivity index (χ3v) is 5.56. The fourth-order valence-electron chi connectivity index (χ4n) is 4.03. The van der Waals surface area contributed by atoms with Gasteiger partial charge in [0, 0.05) is 24.8 Å². The van der Waals surface area contributed by atoms with E-state index in [9.17, 15) is 14.0 Å². The van der Waals surface area contributed by atoms with Crippen molar-refractivity contribution in [1.29, 1.82) is 0 Å². The van der Waals surface area contributed by atoms with Crippen LogP contribution in [0.4, 0.5) is 9.18 Å². The van der Waals surface area contributed by atoms with E-state index in [0.717, 1.165) is 18.4 Å². The van der Waals surface area contributed by atoms with E-state index in [2.05, 4.69) is 17.2 Å². The molecule has 1 aromatic carbocycles. The van der Waals surface area contributed by atoms with Crippen LogP contribution >= 0.6 is 0 Å². The number of hydrogen-bond acceptors (Lipinski definition) is 5. The van der Waals surface area contributed by atoms with Gasteiger partial charge in [0.05, 0.1) is 0 Å². The van der Waals surface area contributed by atoms with Crippen LogP contribution in [0.15, 0.2) is 36.5 Å². The lowest BCUT2D eigenvalue weighted by Gasteiger charge is -2.40. The van der Waals surface area contributed by atoms with Crippen LogP contribution in [0.2, 0.25) is 0 Å². The highest BCUT2D eigenvalue weighted by atomic mass is 19.1. The Morgan fingerprint density at radius 3 is 2.59 bits per heavy atom. The molecule has 2 amide bonds. The van der Waals surface area contributed by atoms with E-state index in [0.29, 0.717) is 30.7 Å². The predicted molar refractivity (Wildman–Crippen MR) is 128 cm³/mol. The van der Waals surface area contributed by atoms with Gasteiger partial charge in [0.15, 0.2) is 0 Å². The maximum Gasteiger partial charge on any atom is 0.410 e. The number of aromatic nitrogens is 1. The molecule has 1 aromatic heterocycles. The maximum atomic E-state index is 13.2. The zero-order chi connectivity index (χ0) is 24.9. The van der Waals surface area contributed by atoms with E-state index in [1.165, 1.54) is 24.3 Å². The molecule has 1 saturated heterocycles. The summed E-state index contributed by atoms with van der Waals surface area (Å²) in [5.41, 5.74) is 0.573. The number of ether oxygens (including phenoxy) is 2. The molecule has 0 radical (unpaired) electrons. The van der Waals surface area contributed by atoms with Crippen molar-refractivity contribution in [3.63, 3.8) is 0 Å². The van der Waals surface area contributed by atoms with Crippen molar-refractivity contribution in [2.24, 2.45) is 0 Å². The number of halogens is 1. The highest BCUT2D eigenvalue weighted by Gasteiger charge is 2.34. The van der Waals surface area contributed by atoms with Crippen LogP contribution in [0, 0.1) is 12.7 Å². The number of likely N-dealkylation sites (tertiary alicyclic amines) is 1. The Morgan fingerprint density at radius 2 is 1.94 bits per heavy atom. The number of nitrogens with zero attached hydrogens (tertiary/aromatic N) is 2. The number of amides is 2. The number of benzene rings is 1. The first kappa shape index (κ1) is 25.5. The van der Waals surface area contributed by atoms with Crippen molar-refractivity contribution < 1.29 is 23.5 Å². The van der Waals surface area contributed by atoms with Crippen LogP contribution in [0.5, 0.6) is 11.6 Å². The van der Waals surface area contributed by atoms with E-state index >= 15 is 0 Å². The van der Waals surface area contributed by atoms with Gasteiger partial charge in [-0.15, -0.1) is 0 Å². The number of piperidine rings is 1. The summed E-state index contributed by atoms with van der Waals surface area (Å²) in [6.07, 6.45) is 4.32. The number of carbonyl (C=O) groups excluding carboxylic acids is 2. The van der Waals surface area contributed by atoms with Gasteiger partial charge in [-0.1, -0.05) is 13.3 Å². The lowest BCUT2D eigenvalue weighted by molar-refractivity contribution is 0.00608. The van der Waals surface area contributed by atoms with E-state index in [1.807, 2.05) is 27.7 Å². The van der Waals surface area contributed by atoms with Gasteiger partial charge in [0.1, 0.15) is 22.7 Å². The third kappa shape index (κ3) is 6.92. The summed E-state index contributed by atoms with van der Waals surface area (Å²) in [5.74, 6) is -0.118. The lowest BCUT2D eigenvalue weighted by Crippen LogP contribution is -2.53. The summed E-state index contributed by atoms with van der Waals surface area (Å²) < 4.78 is 24.6. The van der Waals surface area contributed by atoms with Crippen molar-refractivity contribution in [3.8, 4) is 11.6 Å². The second kappa shape index (κ2) is 10.8. The monoisotopic (exact) mass is 471 g/mol. The Balaban J connectivity index is 1.71. The average Bonchev–Trinajstić information content (AvgIpc) is 2.75. The second-order valence-corrected chi connectivity index (χ2v) is 9.73. The molecule has 2 aromatic rings. The number of carbonyl (C=O) groups is 2. The zero-order valence-electron chi connectivity index (χ0n) is 20.6. The summed E-state index contributed by atoms with van der Waals surface area (Å²) in [6.45, 7) is 10.0. The van der Waals surface area contributed by atoms with Crippen molar-refractivity contribution in [2.45, 2.75) is 78.0 Å². The molecular formula is C26H34FN3O4. The van der Waals surface area contributed by atoms with Gasteiger partial charge in [-0.25, -0.2) is 14.2 Å². The minimum Gasteiger partial charge on any atom is -0.444 e. The molecule has 8 heteroatoms. The van der Waals surface area contributed by atoms with Gasteiger partial charge in [0.2, 0.25) is 5.88 Å². The van der Waals surface area contributed by atoms with Crippen molar-refractivity contribution in [3.05, 3.63) is 53.5 Å². The Hall–Kier alpha value is -3.16. The first-order valence-corrected chi connectivity index (χ1v) is 11.8. The van der Waals surface area contributed by atoms with Crippen molar-refractivity contribution in [1.82, 2.24) is 15.2 Å². The van der Waals surface area contributed by atoms with Gasteiger partial charge in [-0.05, 0) is 82.9 Å². The smallest absolute Gasteiger partial charge is 0.410 e. The number of pyridine rings is 1. The molecule has 0 bridgehead atoms. The van der Waals surface area contributed by atoms with E-state index in [4.69, 9.17) is 9.47 Å². The summed E-state index contributed by atoms with van der Waals surface area (Å²) in [7, 11) is 0. The highest BCUT2D eigenvalue weighted by molar-refractivity contribution is 5.96. The van der Waals surface area contributed by atoms with Crippen LogP contribution in [0.3, 0.4) is 0 Å². The summed E-state index contributed by atoms with van der Waals surface area (Å²) >= 11 is 0. The topological polar surface area (TPSA) is 80.8 Å². The predicted octanol–water partition coefficient (Wildman–Crippen LogP) is 5.62. The van der Waals surface area contributed by atoms with Crippen LogP contribution in [-0.2, 0) is 4.74 Å². The van der Waals surface area contributed by atoms with E-state index in [-0.39, 0.29) is 35.8 Å². The molecule has 184 valence electrons. The summed E-state index contributed by atoms with van der Waals surface area (Å²) in [5, 5.41) is 3.10. The fraction of sp³-hybridized carbons (Fsp3) is 0.500.